The molecule has 0 radical (unpaired) electrons. The smallest absolute Gasteiger partial charge is 0.248 e. The standard InChI is InChI=1S/C7H15NO3/c1-5(9)3-4-8-7(11)6(2)10/h5-6,9-10H,3-4H2,1-2H3,(H,8,11)/t5-,6-/m1/s1. The predicted molar refractivity (Wildman–Crippen MR) is 41.0 cm³/mol. The van der Waals surface area contributed by atoms with E-state index in [1.807, 2.05) is 0 Å². The Morgan fingerprint density at radius 3 is 2.36 bits per heavy atom. The molecule has 0 aromatic rings. The van der Waals surface area contributed by atoms with Crippen LogP contribution in [0.25, 0.3) is 0 Å². The molecule has 0 heterocycles. The van der Waals surface area contributed by atoms with Gasteiger partial charge in [-0.2, -0.15) is 0 Å². The third-order valence-electron chi connectivity index (χ3n) is 1.24. The number of hydrogen-bond donors (Lipinski definition) is 3. The molecule has 0 rings (SSSR count). The van der Waals surface area contributed by atoms with E-state index < -0.39 is 18.1 Å². The lowest BCUT2D eigenvalue weighted by molar-refractivity contribution is -0.128. The molecule has 0 spiro atoms. The van der Waals surface area contributed by atoms with Crippen LogP contribution < -0.4 is 5.32 Å². The molecule has 2 atom stereocenters. The molecule has 0 saturated heterocycles. The first-order valence-corrected chi connectivity index (χ1v) is 3.68. The van der Waals surface area contributed by atoms with Crippen LogP contribution in [0.3, 0.4) is 0 Å². The molecule has 66 valence electrons. The average molecular weight is 161 g/mol. The number of nitrogens with one attached hydrogen (secondary N) is 1. The van der Waals surface area contributed by atoms with Gasteiger partial charge in [0, 0.05) is 6.54 Å². The van der Waals surface area contributed by atoms with Crippen molar-refractivity contribution in [2.24, 2.45) is 0 Å². The van der Waals surface area contributed by atoms with Crippen molar-refractivity contribution >= 4 is 5.91 Å². The van der Waals surface area contributed by atoms with Crippen molar-refractivity contribution in [3.63, 3.8) is 0 Å². The van der Waals surface area contributed by atoms with Gasteiger partial charge < -0.3 is 15.5 Å². The van der Waals surface area contributed by atoms with Crippen molar-refractivity contribution < 1.29 is 15.0 Å². The molecule has 4 nitrogen and oxygen atoms in total. The van der Waals surface area contributed by atoms with Gasteiger partial charge in [0.05, 0.1) is 6.10 Å². The average Bonchev–Trinajstić information content (AvgIpc) is 1.86. The highest BCUT2D eigenvalue weighted by molar-refractivity contribution is 5.79. The number of amides is 1. The van der Waals surface area contributed by atoms with Crippen LogP contribution in [0.5, 0.6) is 0 Å². The molecule has 3 N–H and O–H groups in total. The van der Waals surface area contributed by atoms with Gasteiger partial charge in [-0.15, -0.1) is 0 Å². The quantitative estimate of drug-likeness (QED) is 0.508. The summed E-state index contributed by atoms with van der Waals surface area (Å²) in [5, 5.41) is 20.0. The van der Waals surface area contributed by atoms with E-state index in [1.54, 1.807) is 6.92 Å². The van der Waals surface area contributed by atoms with Gasteiger partial charge in [0.2, 0.25) is 5.91 Å². The summed E-state index contributed by atoms with van der Waals surface area (Å²) in [6.45, 7) is 3.45. The first kappa shape index (κ1) is 10.4. The summed E-state index contributed by atoms with van der Waals surface area (Å²) in [5.74, 6) is -0.398. The Balaban J connectivity index is 3.32. The van der Waals surface area contributed by atoms with E-state index in [-0.39, 0.29) is 0 Å². The van der Waals surface area contributed by atoms with E-state index in [2.05, 4.69) is 5.32 Å². The minimum Gasteiger partial charge on any atom is -0.393 e. The summed E-state index contributed by atoms with van der Waals surface area (Å²) in [5.41, 5.74) is 0. The summed E-state index contributed by atoms with van der Waals surface area (Å²) in [7, 11) is 0. The van der Waals surface area contributed by atoms with Gasteiger partial charge in [0.1, 0.15) is 6.10 Å². The van der Waals surface area contributed by atoms with Gasteiger partial charge in [-0.1, -0.05) is 0 Å². The van der Waals surface area contributed by atoms with Gasteiger partial charge in [-0.05, 0) is 20.3 Å². The van der Waals surface area contributed by atoms with E-state index >= 15 is 0 Å². The SMILES string of the molecule is C[C@@H](O)CCNC(=O)[C@@H](C)O. The van der Waals surface area contributed by atoms with Crippen LogP contribution in [0.4, 0.5) is 0 Å². The lowest BCUT2D eigenvalue weighted by Crippen LogP contribution is -2.34. The number of aliphatic hydroxyl groups excluding tert-OH is 2. The van der Waals surface area contributed by atoms with Crippen LogP contribution in [-0.4, -0.2) is 34.9 Å². The summed E-state index contributed by atoms with van der Waals surface area (Å²) in [4.78, 5) is 10.7. The highest BCUT2D eigenvalue weighted by Gasteiger charge is 2.06. The topological polar surface area (TPSA) is 69.6 Å². The summed E-state index contributed by atoms with van der Waals surface area (Å²) in [6.07, 6.45) is -0.869. The van der Waals surface area contributed by atoms with Crippen LogP contribution >= 0.6 is 0 Å². The van der Waals surface area contributed by atoms with Gasteiger partial charge in [0.15, 0.2) is 0 Å². The van der Waals surface area contributed by atoms with Crippen LogP contribution in [0.15, 0.2) is 0 Å². The largest absolute Gasteiger partial charge is 0.393 e. The van der Waals surface area contributed by atoms with E-state index in [0.717, 1.165) is 0 Å². The molecular weight excluding hydrogens is 146 g/mol. The zero-order chi connectivity index (χ0) is 8.85. The van der Waals surface area contributed by atoms with Crippen molar-refractivity contribution in [2.45, 2.75) is 32.5 Å². The maximum atomic E-state index is 10.7. The second-order valence-electron chi connectivity index (χ2n) is 2.60. The number of aliphatic hydroxyl groups is 2. The van der Waals surface area contributed by atoms with Crippen molar-refractivity contribution in [3.8, 4) is 0 Å². The zero-order valence-corrected chi connectivity index (χ0v) is 6.87. The molecule has 0 aromatic heterocycles. The number of carbonyl (C=O) groups excluding carboxylic acids is 1. The number of hydrogen-bond acceptors (Lipinski definition) is 3. The van der Waals surface area contributed by atoms with Gasteiger partial charge in [-0.3, -0.25) is 4.79 Å². The molecule has 0 aliphatic rings. The van der Waals surface area contributed by atoms with Crippen molar-refractivity contribution in [1.82, 2.24) is 5.32 Å². The maximum absolute atomic E-state index is 10.7. The van der Waals surface area contributed by atoms with E-state index in [9.17, 15) is 4.79 Å². The Hall–Kier alpha value is -0.610. The molecule has 11 heavy (non-hydrogen) atoms. The third-order valence-corrected chi connectivity index (χ3v) is 1.24. The van der Waals surface area contributed by atoms with Crippen LogP contribution in [0.1, 0.15) is 20.3 Å². The fourth-order valence-electron chi connectivity index (χ4n) is 0.552. The molecule has 0 aliphatic heterocycles. The van der Waals surface area contributed by atoms with Crippen molar-refractivity contribution in [3.05, 3.63) is 0 Å². The third kappa shape index (κ3) is 5.82. The van der Waals surface area contributed by atoms with Gasteiger partial charge >= 0.3 is 0 Å². The lowest BCUT2D eigenvalue weighted by atomic mass is 10.3. The fraction of sp³-hybridized carbons (Fsp3) is 0.857. The van der Waals surface area contributed by atoms with Crippen LogP contribution in [-0.2, 0) is 4.79 Å². The van der Waals surface area contributed by atoms with Gasteiger partial charge in [-0.25, -0.2) is 0 Å². The maximum Gasteiger partial charge on any atom is 0.248 e. The minimum absolute atomic E-state index is 0.398. The lowest BCUT2D eigenvalue weighted by Gasteiger charge is -2.07. The highest BCUT2D eigenvalue weighted by Crippen LogP contribution is 1.86. The molecule has 1 amide bonds. The molecule has 4 heteroatoms. The Morgan fingerprint density at radius 1 is 1.45 bits per heavy atom. The van der Waals surface area contributed by atoms with E-state index in [0.29, 0.717) is 13.0 Å². The van der Waals surface area contributed by atoms with E-state index in [1.165, 1.54) is 6.92 Å². The monoisotopic (exact) mass is 161 g/mol. The molecule has 0 bridgehead atoms. The Kier molecular flexibility index (Phi) is 4.81. The number of rotatable bonds is 4. The molecule has 0 fully saturated rings. The second-order valence-corrected chi connectivity index (χ2v) is 2.60. The Morgan fingerprint density at radius 2 is 2.00 bits per heavy atom. The fourth-order valence-corrected chi connectivity index (χ4v) is 0.552. The normalized spacial score (nSPS) is 15.6. The van der Waals surface area contributed by atoms with E-state index in [4.69, 9.17) is 10.2 Å². The first-order chi connectivity index (χ1) is 5.04. The minimum atomic E-state index is -0.969. The highest BCUT2D eigenvalue weighted by atomic mass is 16.3. The summed E-state index contributed by atoms with van der Waals surface area (Å²) < 4.78 is 0. The number of carbonyl (C=O) groups is 1. The molecule has 0 saturated carbocycles. The molecule has 0 unspecified atom stereocenters. The Bertz CT molecular complexity index is 123. The molecule has 0 aromatic carbocycles. The zero-order valence-electron chi connectivity index (χ0n) is 6.87. The molecule has 0 aliphatic carbocycles. The van der Waals surface area contributed by atoms with Crippen molar-refractivity contribution in [1.29, 1.82) is 0 Å². The summed E-state index contributed by atoms with van der Waals surface area (Å²) in [6, 6.07) is 0. The Labute approximate surface area is 66.2 Å². The van der Waals surface area contributed by atoms with Crippen molar-refractivity contribution in [2.75, 3.05) is 6.54 Å². The first-order valence-electron chi connectivity index (χ1n) is 3.68. The van der Waals surface area contributed by atoms with Gasteiger partial charge in [0.25, 0.3) is 0 Å². The predicted octanol–water partition coefficient (Wildman–Crippen LogP) is -0.746. The van der Waals surface area contributed by atoms with Crippen LogP contribution in [0.2, 0.25) is 0 Å². The second kappa shape index (κ2) is 5.09. The molecular formula is C7H15NO3. The van der Waals surface area contributed by atoms with Crippen LogP contribution in [0, 0.1) is 0 Å². The summed E-state index contributed by atoms with van der Waals surface area (Å²) >= 11 is 0.